The van der Waals surface area contributed by atoms with Gasteiger partial charge in [-0.2, -0.15) is 14.9 Å². The Morgan fingerprint density at radius 3 is 2.83 bits per heavy atom. The van der Waals surface area contributed by atoms with E-state index in [2.05, 4.69) is 25.4 Å². The number of nitrogens with two attached hydrogens (primary N) is 1. The number of hydrogen-bond acceptors (Lipinski definition) is 8. The van der Waals surface area contributed by atoms with Gasteiger partial charge in [0, 0.05) is 13.2 Å². The molecule has 3 N–H and O–H groups in total. The Morgan fingerprint density at radius 1 is 1.29 bits per heavy atom. The maximum absolute atomic E-state index is 11.7. The van der Waals surface area contributed by atoms with Crippen LogP contribution in [-0.4, -0.2) is 42.0 Å². The minimum atomic E-state index is -0.631. The van der Waals surface area contributed by atoms with E-state index in [-0.39, 0.29) is 17.2 Å². The number of nitrogens with zero attached hydrogens (tertiary/aromatic N) is 7. The van der Waals surface area contributed by atoms with Crippen LogP contribution in [0.15, 0.2) is 47.0 Å². The van der Waals surface area contributed by atoms with Gasteiger partial charge in [-0.3, -0.25) is 4.79 Å². The molecule has 122 valence electrons. The second kappa shape index (κ2) is 6.38. The molecular weight excluding hydrogens is 312 g/mol. The molecule has 0 aliphatic rings. The molecule has 3 rings (SSSR count). The standard InChI is InChI=1S/C14H14N8O2/c1-21-14(9(6-17-21)11(24)8-23)20-19-10-7-18-22(13(10)15)12-4-2-3-5-16-12/h2-7,23H,8,15H2,1H3/b20-19+. The van der Waals surface area contributed by atoms with E-state index in [4.69, 9.17) is 10.8 Å². The lowest BCUT2D eigenvalue weighted by atomic mass is 10.2. The number of aromatic nitrogens is 5. The van der Waals surface area contributed by atoms with Crippen LogP contribution >= 0.6 is 0 Å². The number of carbonyl (C=O) groups is 1. The number of nitrogen functional groups attached to an aromatic ring is 1. The molecule has 3 aromatic heterocycles. The minimum absolute atomic E-state index is 0.180. The molecular formula is C14H14N8O2. The van der Waals surface area contributed by atoms with Crippen molar-refractivity contribution in [3.63, 3.8) is 0 Å². The van der Waals surface area contributed by atoms with Gasteiger partial charge in [-0.15, -0.1) is 10.2 Å². The molecule has 0 amide bonds. The number of azo groups is 1. The van der Waals surface area contributed by atoms with Gasteiger partial charge in [-0.1, -0.05) is 6.07 Å². The lowest BCUT2D eigenvalue weighted by Crippen LogP contribution is -2.03. The summed E-state index contributed by atoms with van der Waals surface area (Å²) in [6, 6.07) is 5.35. The highest BCUT2D eigenvalue weighted by atomic mass is 16.3. The van der Waals surface area contributed by atoms with E-state index in [0.717, 1.165) is 0 Å². The Kier molecular flexibility index (Phi) is 4.12. The summed E-state index contributed by atoms with van der Waals surface area (Å²) in [5.74, 6) is 0.538. The first kappa shape index (κ1) is 15.5. The van der Waals surface area contributed by atoms with Gasteiger partial charge in [-0.05, 0) is 12.1 Å². The number of aryl methyl sites for hydroxylation is 1. The molecule has 0 bridgehead atoms. The van der Waals surface area contributed by atoms with Crippen LogP contribution in [-0.2, 0) is 7.05 Å². The predicted molar refractivity (Wildman–Crippen MR) is 84.6 cm³/mol. The smallest absolute Gasteiger partial charge is 0.193 e. The molecule has 0 atom stereocenters. The van der Waals surface area contributed by atoms with Crippen LogP contribution in [0, 0.1) is 0 Å². The van der Waals surface area contributed by atoms with Gasteiger partial charge >= 0.3 is 0 Å². The molecule has 0 saturated heterocycles. The van der Waals surface area contributed by atoms with E-state index in [1.807, 2.05) is 6.07 Å². The number of rotatable bonds is 5. The SMILES string of the molecule is Cn1ncc(C(=O)CO)c1/N=N/c1cnn(-c2ccccn2)c1N. The Morgan fingerprint density at radius 2 is 2.12 bits per heavy atom. The third-order valence-corrected chi connectivity index (χ3v) is 3.26. The molecule has 3 aromatic rings. The average Bonchev–Trinajstić information content (AvgIpc) is 3.16. The van der Waals surface area contributed by atoms with Crippen molar-refractivity contribution in [2.24, 2.45) is 17.3 Å². The van der Waals surface area contributed by atoms with Crippen molar-refractivity contribution in [3.05, 3.63) is 42.4 Å². The number of aliphatic hydroxyl groups excluding tert-OH is 1. The van der Waals surface area contributed by atoms with Gasteiger partial charge in [0.2, 0.25) is 0 Å². The highest BCUT2D eigenvalue weighted by Crippen LogP contribution is 2.27. The topological polar surface area (TPSA) is 137 Å². The summed E-state index contributed by atoms with van der Waals surface area (Å²) in [5, 5.41) is 25.1. The van der Waals surface area contributed by atoms with Crippen molar-refractivity contribution in [1.82, 2.24) is 24.5 Å². The molecule has 0 unspecified atom stereocenters. The summed E-state index contributed by atoms with van der Waals surface area (Å²) in [6.07, 6.45) is 4.39. The fraction of sp³-hybridized carbons (Fsp3) is 0.143. The highest BCUT2D eigenvalue weighted by molar-refractivity contribution is 6.00. The Labute approximate surface area is 136 Å². The van der Waals surface area contributed by atoms with Gasteiger partial charge in [0.15, 0.2) is 23.2 Å². The molecule has 0 aliphatic heterocycles. The lowest BCUT2D eigenvalue weighted by molar-refractivity contribution is 0.0904. The number of carbonyl (C=O) groups excluding carboxylic acids is 1. The normalized spacial score (nSPS) is 11.2. The van der Waals surface area contributed by atoms with Gasteiger partial charge in [0.05, 0.1) is 18.0 Å². The average molecular weight is 326 g/mol. The zero-order valence-corrected chi connectivity index (χ0v) is 12.7. The van der Waals surface area contributed by atoms with Crippen molar-refractivity contribution in [2.75, 3.05) is 12.3 Å². The van der Waals surface area contributed by atoms with E-state index in [1.165, 1.54) is 21.8 Å². The van der Waals surface area contributed by atoms with Crippen molar-refractivity contribution < 1.29 is 9.90 Å². The number of anilines is 1. The second-order valence-corrected chi connectivity index (χ2v) is 4.80. The quantitative estimate of drug-likeness (QED) is 0.533. The summed E-state index contributed by atoms with van der Waals surface area (Å²) in [5.41, 5.74) is 6.52. The molecule has 10 heteroatoms. The number of aliphatic hydroxyl groups is 1. The summed E-state index contributed by atoms with van der Waals surface area (Å²) in [6.45, 7) is -0.631. The molecule has 10 nitrogen and oxygen atoms in total. The van der Waals surface area contributed by atoms with Crippen LogP contribution in [0.4, 0.5) is 17.3 Å². The van der Waals surface area contributed by atoms with Crippen LogP contribution in [0.2, 0.25) is 0 Å². The van der Waals surface area contributed by atoms with E-state index < -0.39 is 12.4 Å². The number of hydrogen-bond donors (Lipinski definition) is 2. The molecule has 0 aromatic carbocycles. The first-order valence-electron chi connectivity index (χ1n) is 6.94. The molecule has 0 spiro atoms. The van der Waals surface area contributed by atoms with Crippen LogP contribution < -0.4 is 5.73 Å². The number of pyridine rings is 1. The fourth-order valence-electron chi connectivity index (χ4n) is 2.02. The Bertz CT molecular complexity index is 897. The van der Waals surface area contributed by atoms with E-state index in [0.29, 0.717) is 11.5 Å². The first-order valence-corrected chi connectivity index (χ1v) is 6.94. The first-order chi connectivity index (χ1) is 11.6. The molecule has 24 heavy (non-hydrogen) atoms. The lowest BCUT2D eigenvalue weighted by Gasteiger charge is -2.01. The molecule has 3 heterocycles. The highest BCUT2D eigenvalue weighted by Gasteiger charge is 2.16. The Hall–Kier alpha value is -3.40. The van der Waals surface area contributed by atoms with Crippen LogP contribution in [0.1, 0.15) is 10.4 Å². The maximum atomic E-state index is 11.7. The van der Waals surface area contributed by atoms with Crippen LogP contribution in [0.5, 0.6) is 0 Å². The summed E-state index contributed by atoms with van der Waals surface area (Å²) in [4.78, 5) is 15.8. The minimum Gasteiger partial charge on any atom is -0.388 e. The third kappa shape index (κ3) is 2.77. The summed E-state index contributed by atoms with van der Waals surface area (Å²) < 4.78 is 2.81. The van der Waals surface area contributed by atoms with Crippen molar-refractivity contribution >= 4 is 23.1 Å². The zero-order valence-electron chi connectivity index (χ0n) is 12.7. The number of ketones is 1. The molecule has 0 aliphatic carbocycles. The zero-order chi connectivity index (χ0) is 17.1. The van der Waals surface area contributed by atoms with Crippen LogP contribution in [0.25, 0.3) is 5.82 Å². The van der Waals surface area contributed by atoms with Crippen molar-refractivity contribution in [3.8, 4) is 5.82 Å². The van der Waals surface area contributed by atoms with E-state index in [1.54, 1.807) is 25.4 Å². The van der Waals surface area contributed by atoms with Gasteiger partial charge in [0.1, 0.15) is 12.3 Å². The van der Waals surface area contributed by atoms with Gasteiger partial charge in [0.25, 0.3) is 0 Å². The monoisotopic (exact) mass is 326 g/mol. The van der Waals surface area contributed by atoms with E-state index >= 15 is 0 Å². The molecule has 0 radical (unpaired) electrons. The maximum Gasteiger partial charge on any atom is 0.193 e. The third-order valence-electron chi connectivity index (χ3n) is 3.26. The van der Waals surface area contributed by atoms with E-state index in [9.17, 15) is 4.79 Å². The van der Waals surface area contributed by atoms with Crippen molar-refractivity contribution in [1.29, 1.82) is 0 Å². The molecule has 0 fully saturated rings. The molecule has 0 saturated carbocycles. The van der Waals surface area contributed by atoms with Crippen LogP contribution in [0.3, 0.4) is 0 Å². The van der Waals surface area contributed by atoms with Crippen molar-refractivity contribution in [2.45, 2.75) is 0 Å². The fourth-order valence-corrected chi connectivity index (χ4v) is 2.02. The number of Topliss-reactive ketones (excluding diaryl/α,β-unsaturated/α-hetero) is 1. The van der Waals surface area contributed by atoms with Gasteiger partial charge in [-0.25, -0.2) is 9.67 Å². The van der Waals surface area contributed by atoms with Gasteiger partial charge < -0.3 is 10.8 Å². The summed E-state index contributed by atoms with van der Waals surface area (Å²) in [7, 11) is 1.61. The summed E-state index contributed by atoms with van der Waals surface area (Å²) >= 11 is 0. The largest absolute Gasteiger partial charge is 0.388 e. The predicted octanol–water partition coefficient (Wildman–Crippen LogP) is 1.17. The Balaban J connectivity index is 1.93. The second-order valence-electron chi connectivity index (χ2n) is 4.80.